The number of fused-ring (bicyclic) bond motifs is 2. The number of aromatic nitrogens is 2. The molecule has 0 saturated carbocycles. The summed E-state index contributed by atoms with van der Waals surface area (Å²) in [6, 6.07) is 15.2. The van der Waals surface area contributed by atoms with Crippen molar-refractivity contribution in [1.82, 2.24) is 9.97 Å². The Kier molecular flexibility index (Phi) is 4.48. The highest BCUT2D eigenvalue weighted by molar-refractivity contribution is 6.03. The molecule has 2 aliphatic heterocycles. The molecule has 2 aromatic carbocycles. The van der Waals surface area contributed by atoms with Gasteiger partial charge in [0.25, 0.3) is 5.91 Å². The number of nitrogens with zero attached hydrogens (tertiary/aromatic N) is 3. The van der Waals surface area contributed by atoms with Gasteiger partial charge in [0.2, 0.25) is 5.95 Å². The van der Waals surface area contributed by atoms with E-state index in [0.29, 0.717) is 42.0 Å². The zero-order chi connectivity index (χ0) is 19.6. The first-order valence-electron chi connectivity index (χ1n) is 9.67. The van der Waals surface area contributed by atoms with Gasteiger partial charge in [-0.1, -0.05) is 18.2 Å². The molecule has 3 aromatic rings. The predicted molar refractivity (Wildman–Crippen MR) is 109 cm³/mol. The standard InChI is InChI=1S/C22H20N4O3/c27-21(24-16-7-8-19-20(14-16)29-13-12-28-19)17-9-10-23-22(25-17)26-11-3-5-15-4-1-2-6-18(15)26/h1-2,4,6-10,14H,3,5,11-13H2,(H,24,27). The average molecular weight is 388 g/mol. The molecule has 2 aliphatic rings. The Morgan fingerprint density at radius 1 is 1.03 bits per heavy atom. The van der Waals surface area contributed by atoms with Crippen LogP contribution in [0.15, 0.2) is 54.7 Å². The average Bonchev–Trinajstić information content (AvgIpc) is 2.78. The Morgan fingerprint density at radius 3 is 2.83 bits per heavy atom. The van der Waals surface area contributed by atoms with Crippen LogP contribution in [0.2, 0.25) is 0 Å². The molecule has 0 bridgehead atoms. The summed E-state index contributed by atoms with van der Waals surface area (Å²) in [5, 5.41) is 2.87. The molecule has 1 amide bonds. The lowest BCUT2D eigenvalue weighted by Gasteiger charge is -2.29. The van der Waals surface area contributed by atoms with Crippen molar-refractivity contribution in [3.8, 4) is 11.5 Å². The number of rotatable bonds is 3. The minimum absolute atomic E-state index is 0.296. The number of hydrogen-bond acceptors (Lipinski definition) is 6. The molecule has 0 unspecified atom stereocenters. The van der Waals surface area contributed by atoms with Crippen LogP contribution >= 0.6 is 0 Å². The molecule has 0 atom stereocenters. The Labute approximate surface area is 168 Å². The zero-order valence-electron chi connectivity index (χ0n) is 15.8. The minimum Gasteiger partial charge on any atom is -0.486 e. The van der Waals surface area contributed by atoms with Crippen LogP contribution in [0.25, 0.3) is 0 Å². The van der Waals surface area contributed by atoms with E-state index in [2.05, 4.69) is 32.3 Å². The van der Waals surface area contributed by atoms with Gasteiger partial charge in [0.1, 0.15) is 18.9 Å². The molecule has 1 aromatic heterocycles. The van der Waals surface area contributed by atoms with Crippen molar-refractivity contribution >= 4 is 23.2 Å². The third kappa shape index (κ3) is 3.47. The largest absolute Gasteiger partial charge is 0.486 e. The first-order valence-corrected chi connectivity index (χ1v) is 9.67. The van der Waals surface area contributed by atoms with Crippen LogP contribution in [0.4, 0.5) is 17.3 Å². The summed E-state index contributed by atoms with van der Waals surface area (Å²) in [7, 11) is 0. The molecule has 0 saturated heterocycles. The lowest BCUT2D eigenvalue weighted by atomic mass is 10.0. The summed E-state index contributed by atoms with van der Waals surface area (Å²) in [5.74, 6) is 1.55. The summed E-state index contributed by atoms with van der Waals surface area (Å²) < 4.78 is 11.1. The van der Waals surface area contributed by atoms with E-state index < -0.39 is 0 Å². The van der Waals surface area contributed by atoms with Crippen LogP contribution in [0.1, 0.15) is 22.5 Å². The van der Waals surface area contributed by atoms with Gasteiger partial charge >= 0.3 is 0 Å². The van der Waals surface area contributed by atoms with Crippen molar-refractivity contribution in [2.24, 2.45) is 0 Å². The van der Waals surface area contributed by atoms with Crippen LogP contribution in [0.5, 0.6) is 11.5 Å². The quantitative estimate of drug-likeness (QED) is 0.739. The number of ether oxygens (including phenoxy) is 2. The van der Waals surface area contributed by atoms with E-state index >= 15 is 0 Å². The monoisotopic (exact) mass is 388 g/mol. The maximum atomic E-state index is 12.8. The van der Waals surface area contributed by atoms with Crippen LogP contribution in [0.3, 0.4) is 0 Å². The molecule has 0 fully saturated rings. The van der Waals surface area contributed by atoms with Gasteiger partial charge < -0.3 is 19.7 Å². The van der Waals surface area contributed by atoms with E-state index in [1.54, 1.807) is 30.5 Å². The molecule has 7 heteroatoms. The van der Waals surface area contributed by atoms with Crippen molar-refractivity contribution in [1.29, 1.82) is 0 Å². The third-order valence-electron chi connectivity index (χ3n) is 5.03. The molecule has 0 spiro atoms. The SMILES string of the molecule is O=C(Nc1ccc2c(c1)OCCO2)c1ccnc(N2CCCc3ccccc32)n1. The highest BCUT2D eigenvalue weighted by Gasteiger charge is 2.21. The number of carbonyl (C=O) groups is 1. The van der Waals surface area contributed by atoms with Gasteiger partial charge in [-0.05, 0) is 42.7 Å². The molecule has 0 radical (unpaired) electrons. The number of nitrogens with one attached hydrogen (secondary N) is 1. The number of benzene rings is 2. The number of hydrogen-bond donors (Lipinski definition) is 1. The van der Waals surface area contributed by atoms with Gasteiger partial charge in [0, 0.05) is 30.2 Å². The van der Waals surface area contributed by atoms with Crippen molar-refractivity contribution in [2.45, 2.75) is 12.8 Å². The smallest absolute Gasteiger partial charge is 0.274 e. The number of carbonyl (C=O) groups excluding carboxylic acids is 1. The number of amides is 1. The lowest BCUT2D eigenvalue weighted by molar-refractivity contribution is 0.102. The Hall–Kier alpha value is -3.61. The molecular weight excluding hydrogens is 368 g/mol. The van der Waals surface area contributed by atoms with E-state index in [9.17, 15) is 4.79 Å². The zero-order valence-corrected chi connectivity index (χ0v) is 15.8. The van der Waals surface area contributed by atoms with Gasteiger partial charge in [0.15, 0.2) is 11.5 Å². The van der Waals surface area contributed by atoms with E-state index in [1.165, 1.54) is 5.56 Å². The second-order valence-corrected chi connectivity index (χ2v) is 6.94. The molecule has 146 valence electrons. The fraction of sp³-hybridized carbons (Fsp3) is 0.227. The van der Waals surface area contributed by atoms with Crippen molar-refractivity contribution in [3.05, 3.63) is 66.0 Å². The second-order valence-electron chi connectivity index (χ2n) is 6.94. The summed E-state index contributed by atoms with van der Waals surface area (Å²) in [4.78, 5) is 23.8. The maximum Gasteiger partial charge on any atom is 0.274 e. The fourth-order valence-electron chi connectivity index (χ4n) is 3.66. The molecular formula is C22H20N4O3. The Bertz CT molecular complexity index is 1070. The predicted octanol–water partition coefficient (Wildman–Crippen LogP) is 3.58. The number of para-hydroxylation sites is 1. The van der Waals surface area contributed by atoms with Gasteiger partial charge in [-0.2, -0.15) is 0 Å². The third-order valence-corrected chi connectivity index (χ3v) is 5.03. The molecule has 29 heavy (non-hydrogen) atoms. The van der Waals surface area contributed by atoms with E-state index in [-0.39, 0.29) is 5.91 Å². The van der Waals surface area contributed by atoms with Crippen LogP contribution < -0.4 is 19.7 Å². The number of anilines is 3. The van der Waals surface area contributed by atoms with Gasteiger partial charge in [-0.15, -0.1) is 0 Å². The van der Waals surface area contributed by atoms with Crippen molar-refractivity contribution in [2.75, 3.05) is 30.0 Å². The summed E-state index contributed by atoms with van der Waals surface area (Å²) in [5.41, 5.74) is 3.31. The topological polar surface area (TPSA) is 76.6 Å². The van der Waals surface area contributed by atoms with Crippen molar-refractivity contribution < 1.29 is 14.3 Å². The Morgan fingerprint density at radius 2 is 1.90 bits per heavy atom. The fourth-order valence-corrected chi connectivity index (χ4v) is 3.66. The number of aryl methyl sites for hydroxylation is 1. The minimum atomic E-state index is -0.296. The second kappa shape index (κ2) is 7.43. The molecule has 3 heterocycles. The van der Waals surface area contributed by atoms with Gasteiger partial charge in [-0.25, -0.2) is 9.97 Å². The van der Waals surface area contributed by atoms with Gasteiger partial charge in [0.05, 0.1) is 0 Å². The van der Waals surface area contributed by atoms with E-state index in [4.69, 9.17) is 9.47 Å². The summed E-state index contributed by atoms with van der Waals surface area (Å²) >= 11 is 0. The summed E-state index contributed by atoms with van der Waals surface area (Å²) in [6.07, 6.45) is 3.68. The molecule has 1 N–H and O–H groups in total. The molecule has 7 nitrogen and oxygen atoms in total. The summed E-state index contributed by atoms with van der Waals surface area (Å²) in [6.45, 7) is 1.85. The molecule has 5 rings (SSSR count). The first kappa shape index (κ1) is 17.5. The molecule has 0 aliphatic carbocycles. The van der Waals surface area contributed by atoms with Crippen molar-refractivity contribution in [3.63, 3.8) is 0 Å². The van der Waals surface area contributed by atoms with Crippen LogP contribution in [-0.2, 0) is 6.42 Å². The van der Waals surface area contributed by atoms with E-state index in [1.807, 2.05) is 12.1 Å². The van der Waals surface area contributed by atoms with Crippen LogP contribution in [0, 0.1) is 0 Å². The first-order chi connectivity index (χ1) is 14.3. The lowest BCUT2D eigenvalue weighted by Crippen LogP contribution is -2.27. The normalized spacial score (nSPS) is 14.8. The Balaban J connectivity index is 1.38. The van der Waals surface area contributed by atoms with Crippen LogP contribution in [-0.4, -0.2) is 35.6 Å². The maximum absolute atomic E-state index is 12.8. The van der Waals surface area contributed by atoms with Gasteiger partial charge in [-0.3, -0.25) is 4.79 Å². The van der Waals surface area contributed by atoms with E-state index in [0.717, 1.165) is 25.1 Å². The highest BCUT2D eigenvalue weighted by Crippen LogP contribution is 2.33. The highest BCUT2D eigenvalue weighted by atomic mass is 16.6.